The summed E-state index contributed by atoms with van der Waals surface area (Å²) < 4.78 is 26.8. The summed E-state index contributed by atoms with van der Waals surface area (Å²) in [5.74, 6) is -2.43. The quantitative estimate of drug-likeness (QED) is 0.659. The van der Waals surface area contributed by atoms with Gasteiger partial charge in [-0.1, -0.05) is 0 Å². The van der Waals surface area contributed by atoms with Crippen LogP contribution in [0.2, 0.25) is 0 Å². The van der Waals surface area contributed by atoms with E-state index in [4.69, 9.17) is 0 Å². The maximum absolute atomic E-state index is 13.7. The van der Waals surface area contributed by atoms with Crippen LogP contribution in [0, 0.1) is 21.7 Å². The molecule has 1 aromatic carbocycles. The minimum atomic E-state index is -1.28. The zero-order valence-electron chi connectivity index (χ0n) is 9.85. The Morgan fingerprint density at radius 3 is 2.74 bits per heavy atom. The molecule has 0 bridgehead atoms. The molecule has 0 aliphatic rings. The van der Waals surface area contributed by atoms with Crippen molar-refractivity contribution in [3.8, 4) is 0 Å². The minimum absolute atomic E-state index is 0.480. The second-order valence-corrected chi connectivity index (χ2v) is 3.89. The smallest absolute Gasteiger partial charge is 0.295 e. The monoisotopic (exact) mass is 268 g/mol. The van der Waals surface area contributed by atoms with Crippen molar-refractivity contribution in [2.75, 3.05) is 5.32 Å². The van der Waals surface area contributed by atoms with E-state index in [1.807, 2.05) is 0 Å². The molecule has 0 saturated heterocycles. The first kappa shape index (κ1) is 12.9. The number of nitro benzene ring substituents is 1. The van der Waals surface area contributed by atoms with Crippen LogP contribution in [-0.2, 0) is 0 Å². The number of anilines is 1. The number of nitrogens with zero attached hydrogens (tertiary/aromatic N) is 2. The van der Waals surface area contributed by atoms with E-state index in [9.17, 15) is 18.9 Å². The van der Waals surface area contributed by atoms with Crippen LogP contribution < -0.4 is 5.32 Å². The van der Waals surface area contributed by atoms with E-state index in [1.165, 1.54) is 6.20 Å². The van der Waals surface area contributed by atoms with Gasteiger partial charge < -0.3 is 5.32 Å². The lowest BCUT2D eigenvalue weighted by Crippen LogP contribution is -2.11. The van der Waals surface area contributed by atoms with Gasteiger partial charge in [0.1, 0.15) is 0 Å². The van der Waals surface area contributed by atoms with Gasteiger partial charge in [-0.25, -0.2) is 8.78 Å². The number of halogens is 2. The van der Waals surface area contributed by atoms with Crippen LogP contribution in [-0.4, -0.2) is 15.1 Å². The molecule has 0 spiro atoms. The SMILES string of the molecule is CC(Nc1c([N+](=O)[O-])ccc(F)c1F)c1ccn[nH]1. The van der Waals surface area contributed by atoms with E-state index in [2.05, 4.69) is 15.5 Å². The number of nitrogens with one attached hydrogen (secondary N) is 2. The Morgan fingerprint density at radius 1 is 1.42 bits per heavy atom. The van der Waals surface area contributed by atoms with Gasteiger partial charge in [0.05, 0.1) is 16.7 Å². The van der Waals surface area contributed by atoms with Crippen molar-refractivity contribution < 1.29 is 13.7 Å². The largest absolute Gasteiger partial charge is 0.369 e. The van der Waals surface area contributed by atoms with Gasteiger partial charge in [0.25, 0.3) is 5.69 Å². The molecule has 0 radical (unpaired) electrons. The minimum Gasteiger partial charge on any atom is -0.369 e. The summed E-state index contributed by atoms with van der Waals surface area (Å²) in [6, 6.07) is 2.78. The number of aromatic nitrogens is 2. The highest BCUT2D eigenvalue weighted by molar-refractivity contribution is 5.63. The van der Waals surface area contributed by atoms with E-state index >= 15 is 0 Å². The number of benzene rings is 1. The second-order valence-electron chi connectivity index (χ2n) is 3.89. The first-order valence-corrected chi connectivity index (χ1v) is 5.39. The number of hydrogen-bond donors (Lipinski definition) is 2. The topological polar surface area (TPSA) is 83.8 Å². The van der Waals surface area contributed by atoms with Crippen molar-refractivity contribution in [3.63, 3.8) is 0 Å². The fourth-order valence-electron chi connectivity index (χ4n) is 1.63. The molecule has 1 aromatic heterocycles. The molecule has 0 amide bonds. The predicted octanol–water partition coefficient (Wildman–Crippen LogP) is 2.77. The maximum atomic E-state index is 13.7. The normalized spacial score (nSPS) is 12.2. The van der Waals surface area contributed by atoms with E-state index in [1.54, 1.807) is 13.0 Å². The third-order valence-corrected chi connectivity index (χ3v) is 2.62. The average molecular weight is 268 g/mol. The van der Waals surface area contributed by atoms with E-state index < -0.39 is 34.0 Å². The van der Waals surface area contributed by atoms with Crippen LogP contribution >= 0.6 is 0 Å². The fraction of sp³-hybridized carbons (Fsp3) is 0.182. The molecule has 1 atom stereocenters. The van der Waals surface area contributed by atoms with Gasteiger partial charge in [0.2, 0.25) is 0 Å². The molecular weight excluding hydrogens is 258 g/mol. The highest BCUT2D eigenvalue weighted by Crippen LogP contribution is 2.31. The van der Waals surface area contributed by atoms with Crippen LogP contribution in [0.4, 0.5) is 20.2 Å². The lowest BCUT2D eigenvalue weighted by molar-refractivity contribution is -0.384. The molecule has 0 aliphatic heterocycles. The number of nitro groups is 1. The number of aromatic amines is 1. The standard InChI is InChI=1S/C11H10F2N4O2/c1-6(8-4-5-14-16-8)15-11-9(17(18)19)3-2-7(12)10(11)13/h2-6,15H,1H3,(H,14,16). The summed E-state index contributed by atoms with van der Waals surface area (Å²) in [4.78, 5) is 10.0. The summed E-state index contributed by atoms with van der Waals surface area (Å²) in [6.45, 7) is 1.64. The molecule has 0 fully saturated rings. The van der Waals surface area contributed by atoms with Crippen LogP contribution in [0.3, 0.4) is 0 Å². The summed E-state index contributed by atoms with van der Waals surface area (Å²) in [6.07, 6.45) is 1.49. The third kappa shape index (κ3) is 2.51. The molecule has 0 aliphatic carbocycles. The third-order valence-electron chi connectivity index (χ3n) is 2.62. The molecule has 8 heteroatoms. The Bertz CT molecular complexity index is 601. The van der Waals surface area contributed by atoms with Gasteiger partial charge in [0.15, 0.2) is 17.3 Å². The van der Waals surface area contributed by atoms with Crippen molar-refractivity contribution in [1.29, 1.82) is 0 Å². The predicted molar refractivity (Wildman–Crippen MR) is 63.6 cm³/mol. The van der Waals surface area contributed by atoms with Crippen LogP contribution in [0.15, 0.2) is 24.4 Å². The van der Waals surface area contributed by atoms with Crippen molar-refractivity contribution in [1.82, 2.24) is 10.2 Å². The highest BCUT2D eigenvalue weighted by Gasteiger charge is 2.23. The first-order chi connectivity index (χ1) is 9.00. The molecular formula is C11H10F2N4O2. The Hall–Kier alpha value is -2.51. The fourth-order valence-corrected chi connectivity index (χ4v) is 1.63. The Balaban J connectivity index is 2.38. The van der Waals surface area contributed by atoms with E-state index in [-0.39, 0.29) is 0 Å². The van der Waals surface area contributed by atoms with Crippen LogP contribution in [0.25, 0.3) is 0 Å². The molecule has 19 heavy (non-hydrogen) atoms. The van der Waals surface area contributed by atoms with E-state index in [0.29, 0.717) is 5.69 Å². The summed E-state index contributed by atoms with van der Waals surface area (Å²) in [5, 5.41) is 19.7. The first-order valence-electron chi connectivity index (χ1n) is 5.39. The second kappa shape index (κ2) is 5.01. The highest BCUT2D eigenvalue weighted by atomic mass is 19.2. The number of hydrogen-bond acceptors (Lipinski definition) is 4. The van der Waals surface area contributed by atoms with Gasteiger partial charge in [-0.2, -0.15) is 5.10 Å². The molecule has 1 heterocycles. The van der Waals surface area contributed by atoms with Crippen LogP contribution in [0.5, 0.6) is 0 Å². The number of H-pyrrole nitrogens is 1. The molecule has 100 valence electrons. The van der Waals surface area contributed by atoms with E-state index in [0.717, 1.165) is 12.1 Å². The summed E-state index contributed by atoms with van der Waals surface area (Å²) in [5.41, 5.74) is -0.407. The van der Waals surface area contributed by atoms with Crippen molar-refractivity contribution in [3.05, 3.63) is 51.8 Å². The van der Waals surface area contributed by atoms with Crippen molar-refractivity contribution >= 4 is 11.4 Å². The van der Waals surface area contributed by atoms with Crippen molar-refractivity contribution in [2.45, 2.75) is 13.0 Å². The maximum Gasteiger partial charge on any atom is 0.295 e. The molecule has 0 saturated carbocycles. The zero-order chi connectivity index (χ0) is 14.0. The molecule has 2 rings (SSSR count). The Morgan fingerprint density at radius 2 is 2.16 bits per heavy atom. The molecule has 2 N–H and O–H groups in total. The van der Waals surface area contributed by atoms with Gasteiger partial charge in [-0.15, -0.1) is 0 Å². The van der Waals surface area contributed by atoms with Crippen molar-refractivity contribution in [2.24, 2.45) is 0 Å². The lowest BCUT2D eigenvalue weighted by atomic mass is 10.2. The Labute approximate surface area is 106 Å². The van der Waals surface area contributed by atoms with Gasteiger partial charge in [0, 0.05) is 12.3 Å². The van der Waals surface area contributed by atoms with Gasteiger partial charge >= 0.3 is 0 Å². The lowest BCUT2D eigenvalue weighted by Gasteiger charge is -2.14. The molecule has 6 nitrogen and oxygen atoms in total. The summed E-state index contributed by atoms with van der Waals surface area (Å²) in [7, 11) is 0. The number of rotatable bonds is 4. The van der Waals surface area contributed by atoms with Gasteiger partial charge in [-0.3, -0.25) is 15.2 Å². The van der Waals surface area contributed by atoms with Crippen LogP contribution in [0.1, 0.15) is 18.7 Å². The zero-order valence-corrected chi connectivity index (χ0v) is 9.85. The Kier molecular flexibility index (Phi) is 3.41. The summed E-state index contributed by atoms with van der Waals surface area (Å²) >= 11 is 0. The molecule has 1 unspecified atom stereocenters. The van der Waals surface area contributed by atoms with Gasteiger partial charge in [-0.05, 0) is 19.1 Å². The average Bonchev–Trinajstić information content (AvgIpc) is 2.88. The molecule has 2 aromatic rings.